The highest BCUT2D eigenvalue weighted by molar-refractivity contribution is 5.72. The van der Waals surface area contributed by atoms with E-state index in [1.54, 1.807) is 0 Å². The van der Waals surface area contributed by atoms with Crippen LogP contribution in [0.4, 0.5) is 0 Å². The highest BCUT2D eigenvalue weighted by Gasteiger charge is 2.48. The largest absolute Gasteiger partial charge is 0.469 e. The Labute approximate surface area is 122 Å². The van der Waals surface area contributed by atoms with Crippen molar-refractivity contribution in [3.8, 4) is 0 Å². The lowest BCUT2D eigenvalue weighted by molar-refractivity contribution is -0.168. The Balaban J connectivity index is 1.47. The smallest absolute Gasteiger partial charge is 0.308 e. The predicted molar refractivity (Wildman–Crippen MR) is 77.4 cm³/mol. The second kappa shape index (κ2) is 6.05. The Morgan fingerprint density at radius 1 is 0.950 bits per heavy atom. The third kappa shape index (κ3) is 2.74. The van der Waals surface area contributed by atoms with E-state index in [0.717, 1.165) is 25.7 Å². The molecule has 3 aliphatic carbocycles. The molecule has 0 aromatic rings. The van der Waals surface area contributed by atoms with Crippen LogP contribution in [0.15, 0.2) is 0 Å². The predicted octanol–water partition coefficient (Wildman–Crippen LogP) is 3.85. The van der Waals surface area contributed by atoms with Crippen LogP contribution in [-0.2, 0) is 14.3 Å². The molecule has 3 aliphatic rings. The first-order chi connectivity index (χ1) is 9.73. The summed E-state index contributed by atoms with van der Waals surface area (Å²) in [5.74, 6) is 0.0840. The van der Waals surface area contributed by atoms with E-state index in [1.165, 1.54) is 52.1 Å². The Hall–Kier alpha value is -0.570. The standard InChI is InChI=1S/C17H28O3/c1-19-16(18)13-5-7-14(8-6-13)20-15-9-12-17(15)10-3-2-4-11-17/h13-15H,2-12H2,1H3. The maximum Gasteiger partial charge on any atom is 0.308 e. The average molecular weight is 280 g/mol. The van der Waals surface area contributed by atoms with Crippen molar-refractivity contribution >= 4 is 5.97 Å². The summed E-state index contributed by atoms with van der Waals surface area (Å²) in [7, 11) is 1.49. The molecule has 1 spiro atoms. The number of rotatable bonds is 3. The zero-order valence-corrected chi connectivity index (χ0v) is 12.7. The molecule has 0 amide bonds. The molecule has 20 heavy (non-hydrogen) atoms. The van der Waals surface area contributed by atoms with Gasteiger partial charge in [-0.05, 0) is 56.8 Å². The van der Waals surface area contributed by atoms with Gasteiger partial charge in [-0.3, -0.25) is 4.79 Å². The van der Waals surface area contributed by atoms with Crippen LogP contribution in [0.1, 0.15) is 70.6 Å². The van der Waals surface area contributed by atoms with Gasteiger partial charge in [-0.25, -0.2) is 0 Å². The topological polar surface area (TPSA) is 35.5 Å². The fourth-order valence-corrected chi connectivity index (χ4v) is 4.54. The van der Waals surface area contributed by atoms with Crippen LogP contribution >= 0.6 is 0 Å². The van der Waals surface area contributed by atoms with Crippen LogP contribution < -0.4 is 0 Å². The van der Waals surface area contributed by atoms with Crippen molar-refractivity contribution in [2.24, 2.45) is 11.3 Å². The summed E-state index contributed by atoms with van der Waals surface area (Å²) in [6.45, 7) is 0. The molecule has 3 saturated carbocycles. The van der Waals surface area contributed by atoms with Gasteiger partial charge in [0.2, 0.25) is 0 Å². The van der Waals surface area contributed by atoms with Crippen molar-refractivity contribution in [1.82, 2.24) is 0 Å². The van der Waals surface area contributed by atoms with Crippen molar-refractivity contribution in [3.63, 3.8) is 0 Å². The van der Waals surface area contributed by atoms with Crippen LogP contribution in [0.5, 0.6) is 0 Å². The minimum absolute atomic E-state index is 0.0316. The Morgan fingerprint density at radius 3 is 2.20 bits per heavy atom. The minimum atomic E-state index is -0.0316. The van der Waals surface area contributed by atoms with Crippen molar-refractivity contribution in [3.05, 3.63) is 0 Å². The van der Waals surface area contributed by atoms with E-state index in [4.69, 9.17) is 9.47 Å². The SMILES string of the molecule is COC(=O)C1CCC(OC2CCC23CCCCC3)CC1. The van der Waals surface area contributed by atoms with Crippen molar-refractivity contribution in [1.29, 1.82) is 0 Å². The van der Waals surface area contributed by atoms with Gasteiger partial charge in [0.1, 0.15) is 0 Å². The van der Waals surface area contributed by atoms with E-state index in [9.17, 15) is 4.79 Å². The highest BCUT2D eigenvalue weighted by Crippen LogP contribution is 2.53. The third-order valence-electron chi connectivity index (χ3n) is 6.00. The molecule has 114 valence electrons. The highest BCUT2D eigenvalue weighted by atomic mass is 16.5. The van der Waals surface area contributed by atoms with Crippen molar-refractivity contribution < 1.29 is 14.3 Å². The first-order valence-corrected chi connectivity index (χ1v) is 8.47. The average Bonchev–Trinajstić information content (AvgIpc) is 2.52. The van der Waals surface area contributed by atoms with Crippen LogP contribution in [0, 0.1) is 11.3 Å². The van der Waals surface area contributed by atoms with E-state index in [1.807, 2.05) is 0 Å². The summed E-state index contributed by atoms with van der Waals surface area (Å²) in [6.07, 6.45) is 14.5. The Bertz CT molecular complexity index is 338. The molecule has 0 aliphatic heterocycles. The molecule has 0 saturated heterocycles. The molecule has 3 fully saturated rings. The maximum absolute atomic E-state index is 11.5. The van der Waals surface area contributed by atoms with Gasteiger partial charge in [0.05, 0.1) is 25.2 Å². The van der Waals surface area contributed by atoms with E-state index in [-0.39, 0.29) is 11.9 Å². The zero-order chi connectivity index (χ0) is 14.0. The number of esters is 1. The number of carbonyl (C=O) groups excluding carboxylic acids is 1. The minimum Gasteiger partial charge on any atom is -0.469 e. The molecule has 0 radical (unpaired) electrons. The van der Waals surface area contributed by atoms with Crippen LogP contribution in [0.25, 0.3) is 0 Å². The number of hydrogen-bond acceptors (Lipinski definition) is 3. The fraction of sp³-hybridized carbons (Fsp3) is 0.941. The molecule has 0 aromatic carbocycles. The Morgan fingerprint density at radius 2 is 1.65 bits per heavy atom. The summed E-state index contributed by atoms with van der Waals surface area (Å²) in [6, 6.07) is 0. The fourth-order valence-electron chi connectivity index (χ4n) is 4.54. The van der Waals surface area contributed by atoms with Gasteiger partial charge >= 0.3 is 5.97 Å². The normalized spacial score (nSPS) is 36.4. The van der Waals surface area contributed by atoms with Gasteiger partial charge in [0.15, 0.2) is 0 Å². The zero-order valence-electron chi connectivity index (χ0n) is 12.7. The van der Waals surface area contributed by atoms with E-state index >= 15 is 0 Å². The first kappa shape index (κ1) is 14.4. The van der Waals surface area contributed by atoms with E-state index in [0.29, 0.717) is 17.6 Å². The first-order valence-electron chi connectivity index (χ1n) is 8.47. The molecular formula is C17H28O3. The van der Waals surface area contributed by atoms with Gasteiger partial charge in [0, 0.05) is 0 Å². The lowest BCUT2D eigenvalue weighted by atomic mass is 9.58. The lowest BCUT2D eigenvalue weighted by Crippen LogP contribution is -2.49. The summed E-state index contributed by atoms with van der Waals surface area (Å²) < 4.78 is 11.3. The molecule has 3 nitrogen and oxygen atoms in total. The molecule has 1 atom stereocenters. The maximum atomic E-state index is 11.5. The van der Waals surface area contributed by atoms with E-state index in [2.05, 4.69) is 0 Å². The second-order valence-electron chi connectivity index (χ2n) is 7.08. The van der Waals surface area contributed by atoms with Crippen molar-refractivity contribution in [2.75, 3.05) is 7.11 Å². The lowest BCUT2D eigenvalue weighted by Gasteiger charge is -2.53. The van der Waals surface area contributed by atoms with E-state index < -0.39 is 0 Å². The van der Waals surface area contributed by atoms with Crippen LogP contribution in [0.2, 0.25) is 0 Å². The van der Waals surface area contributed by atoms with Gasteiger partial charge < -0.3 is 9.47 Å². The summed E-state index contributed by atoms with van der Waals surface area (Å²) in [4.78, 5) is 11.5. The summed E-state index contributed by atoms with van der Waals surface area (Å²) in [5.41, 5.74) is 0.539. The quantitative estimate of drug-likeness (QED) is 0.737. The van der Waals surface area contributed by atoms with Gasteiger partial charge in [-0.15, -0.1) is 0 Å². The van der Waals surface area contributed by atoms with Gasteiger partial charge in [-0.1, -0.05) is 19.3 Å². The van der Waals surface area contributed by atoms with Gasteiger partial charge in [0.25, 0.3) is 0 Å². The molecule has 0 heterocycles. The molecular weight excluding hydrogens is 252 g/mol. The molecule has 1 unspecified atom stereocenters. The second-order valence-corrected chi connectivity index (χ2v) is 7.08. The summed E-state index contributed by atoms with van der Waals surface area (Å²) >= 11 is 0. The van der Waals surface area contributed by atoms with Gasteiger partial charge in [-0.2, -0.15) is 0 Å². The van der Waals surface area contributed by atoms with Crippen molar-refractivity contribution in [2.45, 2.75) is 82.8 Å². The molecule has 0 bridgehead atoms. The number of carbonyl (C=O) groups is 1. The Kier molecular flexibility index (Phi) is 4.34. The van der Waals surface area contributed by atoms with Crippen LogP contribution in [0.3, 0.4) is 0 Å². The molecule has 0 aromatic heterocycles. The number of methoxy groups -OCH3 is 1. The number of hydrogen-bond donors (Lipinski definition) is 0. The summed E-state index contributed by atoms with van der Waals surface area (Å²) in [5, 5.41) is 0. The van der Waals surface area contributed by atoms with Crippen LogP contribution in [-0.4, -0.2) is 25.3 Å². The monoisotopic (exact) mass is 280 g/mol. The number of ether oxygens (including phenoxy) is 2. The molecule has 0 N–H and O–H groups in total. The molecule has 3 rings (SSSR count). The molecule has 3 heteroatoms. The third-order valence-corrected chi connectivity index (χ3v) is 6.00.